The van der Waals surface area contributed by atoms with Gasteiger partial charge in [0.05, 0.1) is 11.0 Å². The fourth-order valence-corrected chi connectivity index (χ4v) is 2.19. The first-order valence-electron chi connectivity index (χ1n) is 6.86. The highest BCUT2D eigenvalue weighted by atomic mass is 19.2. The minimum atomic E-state index is -1.33. The molecule has 0 bridgehead atoms. The molecule has 1 aliphatic carbocycles. The third-order valence-corrected chi connectivity index (χ3v) is 3.42. The average Bonchev–Trinajstić information content (AvgIpc) is 3.24. The summed E-state index contributed by atoms with van der Waals surface area (Å²) in [5, 5.41) is 11.0. The summed E-state index contributed by atoms with van der Waals surface area (Å²) in [6.45, 7) is 2.82. The molecule has 2 rings (SSSR count). The number of benzene rings is 1. The summed E-state index contributed by atoms with van der Waals surface area (Å²) in [7, 11) is 0. The Hall–Kier alpha value is -2.05. The number of carbonyl (C=O) groups is 1. The van der Waals surface area contributed by atoms with Crippen LogP contribution in [0.5, 0.6) is 0 Å². The molecule has 1 saturated carbocycles. The number of rotatable bonds is 6. The number of amides is 1. The second kappa shape index (κ2) is 6.15. The Labute approximate surface area is 120 Å². The largest absolute Gasteiger partial charge is 0.338 e. The standard InChI is InChI=1S/C14H16F2N2O3/c1-2-5-17(8-9-3-4-9)14(19)10-6-11(15)12(16)7-13(10)18(20)21/h6-7,9H,2-5,8H2,1H3. The second-order valence-corrected chi connectivity index (χ2v) is 5.24. The summed E-state index contributed by atoms with van der Waals surface area (Å²) in [4.78, 5) is 24.0. The van der Waals surface area contributed by atoms with Gasteiger partial charge in [0.25, 0.3) is 11.6 Å². The molecule has 0 atom stereocenters. The van der Waals surface area contributed by atoms with Crippen LogP contribution in [0.2, 0.25) is 0 Å². The first-order chi connectivity index (χ1) is 9.93. The Kier molecular flexibility index (Phi) is 4.50. The molecule has 0 aliphatic heterocycles. The molecule has 0 unspecified atom stereocenters. The van der Waals surface area contributed by atoms with Crippen molar-refractivity contribution < 1.29 is 18.5 Å². The number of carbonyl (C=O) groups excluding carboxylic acids is 1. The van der Waals surface area contributed by atoms with Crippen molar-refractivity contribution in [2.24, 2.45) is 5.92 Å². The van der Waals surface area contributed by atoms with E-state index in [-0.39, 0.29) is 0 Å². The predicted molar refractivity (Wildman–Crippen MR) is 71.9 cm³/mol. The van der Waals surface area contributed by atoms with Crippen molar-refractivity contribution in [1.29, 1.82) is 0 Å². The Bertz CT molecular complexity index is 574. The van der Waals surface area contributed by atoms with E-state index in [0.29, 0.717) is 37.6 Å². The van der Waals surface area contributed by atoms with E-state index in [0.717, 1.165) is 12.8 Å². The van der Waals surface area contributed by atoms with Gasteiger partial charge < -0.3 is 4.90 Å². The maximum atomic E-state index is 13.3. The Morgan fingerprint density at radius 2 is 2.00 bits per heavy atom. The van der Waals surface area contributed by atoms with Crippen LogP contribution in [0.1, 0.15) is 36.5 Å². The van der Waals surface area contributed by atoms with Crippen LogP contribution in [-0.4, -0.2) is 28.8 Å². The Balaban J connectivity index is 2.34. The van der Waals surface area contributed by atoms with Gasteiger partial charge in [-0.05, 0) is 31.2 Å². The highest BCUT2D eigenvalue weighted by Gasteiger charge is 2.31. The van der Waals surface area contributed by atoms with Crippen LogP contribution in [-0.2, 0) is 0 Å². The lowest BCUT2D eigenvalue weighted by molar-refractivity contribution is -0.385. The normalized spacial score (nSPS) is 14.0. The van der Waals surface area contributed by atoms with E-state index in [1.165, 1.54) is 4.90 Å². The Morgan fingerprint density at radius 1 is 1.38 bits per heavy atom. The van der Waals surface area contributed by atoms with Crippen molar-refractivity contribution in [3.8, 4) is 0 Å². The van der Waals surface area contributed by atoms with Crippen LogP contribution in [0.15, 0.2) is 12.1 Å². The predicted octanol–water partition coefficient (Wildman–Crippen LogP) is 3.14. The quantitative estimate of drug-likeness (QED) is 0.598. The van der Waals surface area contributed by atoms with Gasteiger partial charge in [0.1, 0.15) is 5.56 Å². The molecule has 0 saturated heterocycles. The molecule has 1 fully saturated rings. The molecular formula is C14H16F2N2O3. The van der Waals surface area contributed by atoms with Crippen molar-refractivity contribution in [1.82, 2.24) is 4.90 Å². The molecule has 1 aromatic carbocycles. The number of nitro benzene ring substituents is 1. The summed E-state index contributed by atoms with van der Waals surface area (Å²) in [5.74, 6) is -2.80. The SMILES string of the molecule is CCCN(CC1CC1)C(=O)c1cc(F)c(F)cc1[N+](=O)[O-]. The summed E-state index contributed by atoms with van der Waals surface area (Å²) < 4.78 is 26.5. The zero-order chi connectivity index (χ0) is 15.6. The van der Waals surface area contributed by atoms with Gasteiger partial charge in [0.15, 0.2) is 11.6 Å². The molecule has 1 aliphatic rings. The monoisotopic (exact) mass is 298 g/mol. The van der Waals surface area contributed by atoms with Gasteiger partial charge in [0, 0.05) is 13.1 Å². The molecule has 1 amide bonds. The van der Waals surface area contributed by atoms with Crippen LogP contribution in [0.3, 0.4) is 0 Å². The number of hydrogen-bond acceptors (Lipinski definition) is 3. The number of halogens is 2. The van der Waals surface area contributed by atoms with Gasteiger partial charge >= 0.3 is 0 Å². The van der Waals surface area contributed by atoms with Crippen LogP contribution < -0.4 is 0 Å². The van der Waals surface area contributed by atoms with Crippen molar-refractivity contribution in [3.05, 3.63) is 39.4 Å². The molecule has 5 nitrogen and oxygen atoms in total. The first-order valence-corrected chi connectivity index (χ1v) is 6.86. The zero-order valence-corrected chi connectivity index (χ0v) is 11.6. The van der Waals surface area contributed by atoms with E-state index in [1.54, 1.807) is 0 Å². The number of nitrogens with zero attached hydrogens (tertiary/aromatic N) is 2. The van der Waals surface area contributed by atoms with Crippen molar-refractivity contribution in [2.45, 2.75) is 26.2 Å². The van der Waals surface area contributed by atoms with Gasteiger partial charge in [-0.3, -0.25) is 14.9 Å². The van der Waals surface area contributed by atoms with Crippen LogP contribution >= 0.6 is 0 Å². The van der Waals surface area contributed by atoms with E-state index >= 15 is 0 Å². The molecule has 7 heteroatoms. The fourth-order valence-electron chi connectivity index (χ4n) is 2.19. The molecular weight excluding hydrogens is 282 g/mol. The van der Waals surface area contributed by atoms with Gasteiger partial charge in [-0.2, -0.15) is 0 Å². The highest BCUT2D eigenvalue weighted by Crippen LogP contribution is 2.31. The van der Waals surface area contributed by atoms with Gasteiger partial charge in [-0.25, -0.2) is 8.78 Å². The van der Waals surface area contributed by atoms with E-state index in [4.69, 9.17) is 0 Å². The van der Waals surface area contributed by atoms with Crippen molar-refractivity contribution >= 4 is 11.6 Å². The third kappa shape index (κ3) is 3.53. The number of hydrogen-bond donors (Lipinski definition) is 0. The third-order valence-electron chi connectivity index (χ3n) is 3.42. The lowest BCUT2D eigenvalue weighted by atomic mass is 10.1. The van der Waals surface area contributed by atoms with Crippen LogP contribution in [0.25, 0.3) is 0 Å². The van der Waals surface area contributed by atoms with E-state index in [1.807, 2.05) is 6.92 Å². The molecule has 0 heterocycles. The zero-order valence-electron chi connectivity index (χ0n) is 11.6. The average molecular weight is 298 g/mol. The van der Waals surface area contributed by atoms with E-state index in [2.05, 4.69) is 0 Å². The molecule has 21 heavy (non-hydrogen) atoms. The first kappa shape index (κ1) is 15.3. The minimum Gasteiger partial charge on any atom is -0.338 e. The van der Waals surface area contributed by atoms with Crippen molar-refractivity contribution in [2.75, 3.05) is 13.1 Å². The Morgan fingerprint density at radius 3 is 2.52 bits per heavy atom. The summed E-state index contributed by atoms with van der Waals surface area (Å²) in [6.07, 6.45) is 2.73. The maximum Gasteiger partial charge on any atom is 0.285 e. The molecule has 0 N–H and O–H groups in total. The fraction of sp³-hybridized carbons (Fsp3) is 0.500. The minimum absolute atomic E-state index is 0.395. The maximum absolute atomic E-state index is 13.3. The lowest BCUT2D eigenvalue weighted by Gasteiger charge is -2.22. The van der Waals surface area contributed by atoms with Crippen LogP contribution in [0.4, 0.5) is 14.5 Å². The van der Waals surface area contributed by atoms with E-state index < -0.39 is 33.7 Å². The number of nitro groups is 1. The lowest BCUT2D eigenvalue weighted by Crippen LogP contribution is -2.34. The van der Waals surface area contributed by atoms with Crippen molar-refractivity contribution in [3.63, 3.8) is 0 Å². The van der Waals surface area contributed by atoms with Gasteiger partial charge in [0.2, 0.25) is 0 Å². The molecule has 114 valence electrons. The molecule has 0 radical (unpaired) electrons. The topological polar surface area (TPSA) is 63.5 Å². The van der Waals surface area contributed by atoms with E-state index in [9.17, 15) is 23.7 Å². The van der Waals surface area contributed by atoms with Gasteiger partial charge in [-0.15, -0.1) is 0 Å². The molecule has 0 spiro atoms. The highest BCUT2D eigenvalue weighted by molar-refractivity contribution is 5.98. The molecule has 0 aromatic heterocycles. The summed E-state index contributed by atoms with van der Waals surface area (Å²) in [6, 6.07) is 1.08. The van der Waals surface area contributed by atoms with Gasteiger partial charge in [-0.1, -0.05) is 6.92 Å². The van der Waals surface area contributed by atoms with Crippen LogP contribution in [0, 0.1) is 27.7 Å². The molecule has 1 aromatic rings. The smallest absolute Gasteiger partial charge is 0.285 e. The summed E-state index contributed by atoms with van der Waals surface area (Å²) in [5.41, 5.74) is -1.09. The summed E-state index contributed by atoms with van der Waals surface area (Å²) >= 11 is 0. The second-order valence-electron chi connectivity index (χ2n) is 5.24.